The zero-order valence-electron chi connectivity index (χ0n) is 19.6. The van der Waals surface area contributed by atoms with Gasteiger partial charge in [0, 0.05) is 30.6 Å². The lowest BCUT2D eigenvalue weighted by molar-refractivity contribution is -0.526. The van der Waals surface area contributed by atoms with E-state index in [1.807, 2.05) is 24.3 Å². The summed E-state index contributed by atoms with van der Waals surface area (Å²) in [6.07, 6.45) is 19.5. The van der Waals surface area contributed by atoms with Crippen molar-refractivity contribution in [1.82, 2.24) is 0 Å². The Labute approximate surface area is 197 Å². The van der Waals surface area contributed by atoms with Crippen molar-refractivity contribution in [1.29, 1.82) is 0 Å². The molecule has 33 heavy (non-hydrogen) atoms. The Balaban J connectivity index is 1.61. The molecular formula is C31H32NO+. The van der Waals surface area contributed by atoms with Gasteiger partial charge in [-0.2, -0.15) is 0 Å². The summed E-state index contributed by atoms with van der Waals surface area (Å²) in [4.78, 5) is 0. The van der Waals surface area contributed by atoms with Crippen molar-refractivity contribution < 1.29 is 9.31 Å². The SMILES string of the molecule is CCC[N+](CCC)=C1C=CC(=C/C=C2/C=C(c3ccccc3)C=C(c3ccccc3)O2)C=C1. The fraction of sp³-hybridized carbons (Fsp3) is 0.194. The second-order valence-corrected chi connectivity index (χ2v) is 8.26. The summed E-state index contributed by atoms with van der Waals surface area (Å²) >= 11 is 0. The maximum Gasteiger partial charge on any atom is 0.199 e. The summed E-state index contributed by atoms with van der Waals surface area (Å²) in [7, 11) is 0. The largest absolute Gasteiger partial charge is 0.457 e. The van der Waals surface area contributed by atoms with Crippen molar-refractivity contribution in [2.45, 2.75) is 26.7 Å². The molecular weight excluding hydrogens is 402 g/mol. The normalized spacial score (nSPS) is 16.4. The first kappa shape index (κ1) is 22.5. The van der Waals surface area contributed by atoms with Crippen LogP contribution in [0.15, 0.2) is 121 Å². The van der Waals surface area contributed by atoms with Gasteiger partial charge in [-0.1, -0.05) is 80.6 Å². The van der Waals surface area contributed by atoms with Gasteiger partial charge in [0.15, 0.2) is 5.71 Å². The van der Waals surface area contributed by atoms with E-state index in [0.717, 1.165) is 54.2 Å². The van der Waals surface area contributed by atoms with Crippen LogP contribution in [0.2, 0.25) is 0 Å². The van der Waals surface area contributed by atoms with Crippen LogP contribution in [0.25, 0.3) is 11.3 Å². The molecule has 2 aromatic carbocycles. The summed E-state index contributed by atoms with van der Waals surface area (Å²) < 4.78 is 8.73. The van der Waals surface area contributed by atoms with Crippen LogP contribution in [0.3, 0.4) is 0 Å². The third-order valence-electron chi connectivity index (χ3n) is 5.66. The van der Waals surface area contributed by atoms with Crippen molar-refractivity contribution in [3.8, 4) is 0 Å². The predicted molar refractivity (Wildman–Crippen MR) is 140 cm³/mol. The molecule has 0 atom stereocenters. The van der Waals surface area contributed by atoms with Crippen LogP contribution in [0.5, 0.6) is 0 Å². The first-order valence-corrected chi connectivity index (χ1v) is 11.9. The highest BCUT2D eigenvalue weighted by Crippen LogP contribution is 2.31. The second kappa shape index (κ2) is 11.3. The van der Waals surface area contributed by atoms with Crippen LogP contribution in [0, 0.1) is 0 Å². The molecule has 0 saturated carbocycles. The Bertz CT molecular complexity index is 1150. The minimum atomic E-state index is 0.831. The van der Waals surface area contributed by atoms with E-state index < -0.39 is 0 Å². The van der Waals surface area contributed by atoms with Crippen molar-refractivity contribution in [3.63, 3.8) is 0 Å². The number of hydrogen-bond donors (Lipinski definition) is 0. The summed E-state index contributed by atoms with van der Waals surface area (Å²) in [5, 5.41) is 0. The summed E-state index contributed by atoms with van der Waals surface area (Å²) in [5.41, 5.74) is 5.84. The minimum absolute atomic E-state index is 0.831. The average Bonchev–Trinajstić information content (AvgIpc) is 2.88. The van der Waals surface area contributed by atoms with E-state index in [1.54, 1.807) is 0 Å². The molecule has 166 valence electrons. The van der Waals surface area contributed by atoms with Crippen molar-refractivity contribution in [2.75, 3.05) is 13.1 Å². The Hall–Kier alpha value is -3.65. The van der Waals surface area contributed by atoms with Crippen LogP contribution >= 0.6 is 0 Å². The van der Waals surface area contributed by atoms with E-state index in [1.165, 1.54) is 11.3 Å². The van der Waals surface area contributed by atoms with Crippen LogP contribution in [-0.2, 0) is 4.74 Å². The van der Waals surface area contributed by atoms with Gasteiger partial charge in [-0.05, 0) is 47.1 Å². The van der Waals surface area contributed by atoms with Gasteiger partial charge in [-0.15, -0.1) is 0 Å². The first-order valence-electron chi connectivity index (χ1n) is 11.9. The van der Waals surface area contributed by atoms with Crippen LogP contribution < -0.4 is 0 Å². The van der Waals surface area contributed by atoms with Gasteiger partial charge in [0.2, 0.25) is 0 Å². The summed E-state index contributed by atoms with van der Waals surface area (Å²) in [6, 6.07) is 20.7. The Morgan fingerprint density at radius 2 is 1.30 bits per heavy atom. The predicted octanol–water partition coefficient (Wildman–Crippen LogP) is 7.35. The Kier molecular flexibility index (Phi) is 7.71. The molecule has 0 bridgehead atoms. The summed E-state index contributed by atoms with van der Waals surface area (Å²) in [5.74, 6) is 1.69. The Morgan fingerprint density at radius 1 is 0.697 bits per heavy atom. The lowest BCUT2D eigenvalue weighted by atomic mass is 10.0. The molecule has 0 radical (unpaired) electrons. The molecule has 0 N–H and O–H groups in total. The molecule has 4 rings (SSSR count). The van der Waals surface area contributed by atoms with Crippen LogP contribution in [0.4, 0.5) is 0 Å². The van der Waals surface area contributed by atoms with E-state index in [2.05, 4.69) is 103 Å². The van der Waals surface area contributed by atoms with E-state index in [-0.39, 0.29) is 0 Å². The smallest absolute Gasteiger partial charge is 0.199 e. The van der Waals surface area contributed by atoms with Crippen LogP contribution in [0.1, 0.15) is 37.8 Å². The van der Waals surface area contributed by atoms with Gasteiger partial charge >= 0.3 is 0 Å². The number of hydrogen-bond acceptors (Lipinski definition) is 1. The molecule has 0 amide bonds. The van der Waals surface area contributed by atoms with Crippen molar-refractivity contribution >= 4 is 17.0 Å². The quantitative estimate of drug-likeness (QED) is 0.415. The zero-order valence-corrected chi connectivity index (χ0v) is 19.6. The van der Waals surface area contributed by atoms with Gasteiger partial charge in [-0.25, -0.2) is 4.58 Å². The highest BCUT2D eigenvalue weighted by atomic mass is 16.5. The van der Waals surface area contributed by atoms with E-state index in [0.29, 0.717) is 0 Å². The lowest BCUT2D eigenvalue weighted by Gasteiger charge is -2.18. The molecule has 0 spiro atoms. The fourth-order valence-electron chi connectivity index (χ4n) is 4.03. The molecule has 2 aromatic rings. The third kappa shape index (κ3) is 5.98. The van der Waals surface area contributed by atoms with Crippen molar-refractivity contribution in [2.24, 2.45) is 0 Å². The molecule has 2 heteroatoms. The number of allylic oxidation sites excluding steroid dienone is 10. The average molecular weight is 435 g/mol. The molecule has 0 unspecified atom stereocenters. The topological polar surface area (TPSA) is 12.2 Å². The molecule has 1 aliphatic carbocycles. The highest BCUT2D eigenvalue weighted by Gasteiger charge is 2.14. The Morgan fingerprint density at radius 3 is 1.91 bits per heavy atom. The molecule has 0 saturated heterocycles. The van der Waals surface area contributed by atoms with Gasteiger partial charge in [0.25, 0.3) is 0 Å². The fourth-order valence-corrected chi connectivity index (χ4v) is 4.03. The number of nitrogens with zero attached hydrogens (tertiary/aromatic N) is 1. The highest BCUT2D eigenvalue weighted by molar-refractivity contribution is 6.02. The number of ether oxygens (including phenoxy) is 1. The minimum Gasteiger partial charge on any atom is -0.457 e. The molecule has 2 nitrogen and oxygen atoms in total. The van der Waals surface area contributed by atoms with E-state index >= 15 is 0 Å². The monoisotopic (exact) mass is 434 g/mol. The zero-order chi connectivity index (χ0) is 22.9. The van der Waals surface area contributed by atoms with Gasteiger partial charge < -0.3 is 4.74 Å². The maximum atomic E-state index is 6.28. The maximum absolute atomic E-state index is 6.28. The molecule has 1 heterocycles. The number of benzene rings is 2. The van der Waals surface area contributed by atoms with Crippen LogP contribution in [-0.4, -0.2) is 23.4 Å². The third-order valence-corrected chi connectivity index (χ3v) is 5.66. The van der Waals surface area contributed by atoms with Gasteiger partial charge in [0.1, 0.15) is 24.6 Å². The van der Waals surface area contributed by atoms with E-state index in [4.69, 9.17) is 4.74 Å². The first-order chi connectivity index (χ1) is 16.3. The van der Waals surface area contributed by atoms with Gasteiger partial charge in [0.05, 0.1) is 0 Å². The van der Waals surface area contributed by atoms with Gasteiger partial charge in [-0.3, -0.25) is 0 Å². The van der Waals surface area contributed by atoms with Crippen molar-refractivity contribution in [3.05, 3.63) is 132 Å². The molecule has 0 aromatic heterocycles. The molecule has 2 aliphatic rings. The van der Waals surface area contributed by atoms with E-state index in [9.17, 15) is 0 Å². The summed E-state index contributed by atoms with van der Waals surface area (Å²) in [6.45, 7) is 6.65. The molecule has 0 fully saturated rings. The molecule has 1 aliphatic heterocycles. The second-order valence-electron chi connectivity index (χ2n) is 8.26. The number of rotatable bonds is 7. The lowest BCUT2D eigenvalue weighted by Crippen LogP contribution is -2.21. The standard InChI is InChI=1S/C31H32NO/c1-3-21-32(22-4-2)29-18-15-25(16-19-29)17-20-30-23-28(26-11-7-5-8-12-26)24-31(33-30)27-13-9-6-10-14-27/h5-20,23-24H,3-4,21-22H2,1-2H3/q+1/b30-20-.